The van der Waals surface area contributed by atoms with Crippen LogP contribution in [0.2, 0.25) is 0 Å². The number of benzene rings is 1. The number of rotatable bonds is 5. The molecule has 0 aromatic heterocycles. The zero-order valence-electron chi connectivity index (χ0n) is 13.1. The van der Waals surface area contributed by atoms with Gasteiger partial charge in [-0.05, 0) is 37.4 Å². The van der Waals surface area contributed by atoms with Crippen LogP contribution in [-0.2, 0) is 19.6 Å². The van der Waals surface area contributed by atoms with Crippen LogP contribution in [0.5, 0.6) is 0 Å². The van der Waals surface area contributed by atoms with E-state index in [1.54, 1.807) is 0 Å². The average molecular weight is 357 g/mol. The highest BCUT2D eigenvalue weighted by Gasteiger charge is 2.41. The Balaban J connectivity index is 2.38. The fourth-order valence-corrected chi connectivity index (χ4v) is 4.40. The van der Waals surface area contributed by atoms with E-state index >= 15 is 0 Å². The number of nitrogens with two attached hydrogens (primary N) is 1. The van der Waals surface area contributed by atoms with Crippen LogP contribution >= 0.6 is 0 Å². The first-order chi connectivity index (χ1) is 11.3. The lowest BCUT2D eigenvalue weighted by Gasteiger charge is -2.36. The minimum atomic E-state index is -4.00. The molecule has 2 rings (SSSR count). The smallest absolute Gasteiger partial charge is 0.324 e. The maximum Gasteiger partial charge on any atom is 0.324 e. The average Bonchev–Trinajstić information content (AvgIpc) is 2.60. The number of esters is 1. The van der Waals surface area contributed by atoms with E-state index in [0.717, 1.165) is 28.6 Å². The molecule has 0 radical (unpaired) electrons. The van der Waals surface area contributed by atoms with E-state index < -0.39 is 27.0 Å². The van der Waals surface area contributed by atoms with E-state index in [-0.39, 0.29) is 23.0 Å². The van der Waals surface area contributed by atoms with Gasteiger partial charge in [0.25, 0.3) is 5.69 Å². The summed E-state index contributed by atoms with van der Waals surface area (Å²) in [5, 5.41) is 10.7. The first-order valence-corrected chi connectivity index (χ1v) is 8.79. The van der Waals surface area contributed by atoms with Crippen molar-refractivity contribution in [3.05, 3.63) is 34.4 Å². The number of sulfonamides is 1. The Kier molecular flexibility index (Phi) is 5.52. The standard InChI is InChI=1S/C14H19N3O6S/c1-23-14(18)13-7-2-10(8-15)9-16(13)24(21,22)12-5-3-11(4-6-12)17(19)20/h3-6,10,13H,2,7-9,15H2,1H3. The van der Waals surface area contributed by atoms with Crippen LogP contribution in [0.25, 0.3) is 0 Å². The summed E-state index contributed by atoms with van der Waals surface area (Å²) < 4.78 is 31.5. The maximum atomic E-state index is 12.9. The van der Waals surface area contributed by atoms with Crippen molar-refractivity contribution in [2.45, 2.75) is 23.8 Å². The number of carbonyl (C=O) groups is 1. The van der Waals surface area contributed by atoms with Gasteiger partial charge in [0, 0.05) is 18.7 Å². The molecule has 0 saturated carbocycles. The lowest BCUT2D eigenvalue weighted by atomic mass is 9.95. The molecule has 1 aromatic rings. The number of hydrogen-bond acceptors (Lipinski definition) is 7. The van der Waals surface area contributed by atoms with E-state index in [0.29, 0.717) is 19.4 Å². The van der Waals surface area contributed by atoms with Crippen molar-refractivity contribution in [2.75, 3.05) is 20.2 Å². The van der Waals surface area contributed by atoms with E-state index in [1.165, 1.54) is 7.11 Å². The summed E-state index contributed by atoms with van der Waals surface area (Å²) in [7, 11) is -2.80. The molecule has 2 unspecified atom stereocenters. The van der Waals surface area contributed by atoms with Crippen LogP contribution < -0.4 is 5.73 Å². The van der Waals surface area contributed by atoms with Gasteiger partial charge in [-0.3, -0.25) is 14.9 Å². The summed E-state index contributed by atoms with van der Waals surface area (Å²) >= 11 is 0. The van der Waals surface area contributed by atoms with Gasteiger partial charge in [-0.2, -0.15) is 4.31 Å². The van der Waals surface area contributed by atoms with Gasteiger partial charge in [0.15, 0.2) is 0 Å². The fourth-order valence-electron chi connectivity index (χ4n) is 2.72. The number of non-ortho nitro benzene ring substituents is 1. The molecule has 2 atom stereocenters. The monoisotopic (exact) mass is 357 g/mol. The molecule has 0 spiro atoms. The van der Waals surface area contributed by atoms with Crippen molar-refractivity contribution in [3.63, 3.8) is 0 Å². The maximum absolute atomic E-state index is 12.9. The van der Waals surface area contributed by atoms with E-state index in [9.17, 15) is 23.3 Å². The van der Waals surface area contributed by atoms with Crippen LogP contribution in [0.3, 0.4) is 0 Å². The highest BCUT2D eigenvalue weighted by atomic mass is 32.2. The van der Waals surface area contributed by atoms with Gasteiger partial charge in [0.2, 0.25) is 10.0 Å². The van der Waals surface area contributed by atoms with Crippen molar-refractivity contribution in [1.29, 1.82) is 0 Å². The molecular weight excluding hydrogens is 338 g/mol. The van der Waals surface area contributed by atoms with Gasteiger partial charge in [0.05, 0.1) is 16.9 Å². The molecular formula is C14H19N3O6S. The van der Waals surface area contributed by atoms with E-state index in [2.05, 4.69) is 0 Å². The zero-order valence-corrected chi connectivity index (χ0v) is 13.9. The van der Waals surface area contributed by atoms with Crippen molar-refractivity contribution < 1.29 is 22.9 Å². The molecule has 1 heterocycles. The van der Waals surface area contributed by atoms with Gasteiger partial charge in [-0.25, -0.2) is 8.42 Å². The number of nitro benzene ring substituents is 1. The molecule has 1 aromatic carbocycles. The second-order valence-electron chi connectivity index (χ2n) is 5.54. The summed E-state index contributed by atoms with van der Waals surface area (Å²) in [4.78, 5) is 21.9. The third-order valence-electron chi connectivity index (χ3n) is 4.09. The Hall–Kier alpha value is -2.04. The summed E-state index contributed by atoms with van der Waals surface area (Å²) in [5.41, 5.74) is 5.43. The molecule has 132 valence electrons. The number of piperidine rings is 1. The fraction of sp³-hybridized carbons (Fsp3) is 0.500. The molecule has 0 aliphatic carbocycles. The number of ether oxygens (including phenoxy) is 1. The third kappa shape index (κ3) is 3.55. The molecule has 24 heavy (non-hydrogen) atoms. The largest absolute Gasteiger partial charge is 0.468 e. The number of methoxy groups -OCH3 is 1. The highest BCUT2D eigenvalue weighted by molar-refractivity contribution is 7.89. The second kappa shape index (κ2) is 7.24. The first kappa shape index (κ1) is 18.3. The first-order valence-electron chi connectivity index (χ1n) is 7.35. The van der Waals surface area contributed by atoms with Crippen molar-refractivity contribution in [1.82, 2.24) is 4.31 Å². The number of carbonyl (C=O) groups excluding carboxylic acids is 1. The Morgan fingerprint density at radius 2 is 2.00 bits per heavy atom. The minimum absolute atomic E-state index is 0.0567. The van der Waals surface area contributed by atoms with Crippen LogP contribution in [0, 0.1) is 16.0 Å². The van der Waals surface area contributed by atoms with Gasteiger partial charge < -0.3 is 10.5 Å². The SMILES string of the molecule is COC(=O)C1CCC(CN)CN1S(=O)(=O)c1ccc([N+](=O)[O-])cc1. The number of nitro groups is 1. The molecule has 1 saturated heterocycles. The third-order valence-corrected chi connectivity index (χ3v) is 5.98. The van der Waals surface area contributed by atoms with E-state index in [4.69, 9.17) is 10.5 Å². The van der Waals surface area contributed by atoms with Crippen LogP contribution in [0.1, 0.15) is 12.8 Å². The van der Waals surface area contributed by atoms with Crippen LogP contribution in [0.15, 0.2) is 29.2 Å². The molecule has 1 aliphatic heterocycles. The number of nitrogens with zero attached hydrogens (tertiary/aromatic N) is 2. The molecule has 0 amide bonds. The molecule has 10 heteroatoms. The molecule has 9 nitrogen and oxygen atoms in total. The summed E-state index contributed by atoms with van der Waals surface area (Å²) in [6.45, 7) is 0.412. The minimum Gasteiger partial charge on any atom is -0.468 e. The van der Waals surface area contributed by atoms with Crippen molar-refractivity contribution >= 4 is 21.7 Å². The predicted molar refractivity (Wildman–Crippen MR) is 84.6 cm³/mol. The molecule has 0 bridgehead atoms. The number of hydrogen-bond donors (Lipinski definition) is 1. The summed E-state index contributed by atoms with van der Waals surface area (Å²) in [5.74, 6) is -0.685. The van der Waals surface area contributed by atoms with Gasteiger partial charge >= 0.3 is 5.97 Å². The summed E-state index contributed by atoms with van der Waals surface area (Å²) in [6, 6.07) is 3.63. The van der Waals surface area contributed by atoms with E-state index in [1.807, 2.05) is 0 Å². The topological polar surface area (TPSA) is 133 Å². The predicted octanol–water partition coefficient (Wildman–Crippen LogP) is 0.496. The quantitative estimate of drug-likeness (QED) is 0.461. The Morgan fingerprint density at radius 1 is 1.38 bits per heavy atom. The Morgan fingerprint density at radius 3 is 2.50 bits per heavy atom. The normalized spacial score (nSPS) is 22.1. The van der Waals surface area contributed by atoms with Gasteiger partial charge in [0.1, 0.15) is 6.04 Å². The molecule has 1 fully saturated rings. The van der Waals surface area contributed by atoms with Crippen LogP contribution in [0.4, 0.5) is 5.69 Å². The van der Waals surface area contributed by atoms with Gasteiger partial charge in [-0.15, -0.1) is 0 Å². The lowest BCUT2D eigenvalue weighted by molar-refractivity contribution is -0.384. The Labute approximate surface area is 139 Å². The second-order valence-corrected chi connectivity index (χ2v) is 7.43. The van der Waals surface area contributed by atoms with Crippen molar-refractivity contribution in [3.8, 4) is 0 Å². The van der Waals surface area contributed by atoms with Gasteiger partial charge in [-0.1, -0.05) is 0 Å². The van der Waals surface area contributed by atoms with Crippen molar-refractivity contribution in [2.24, 2.45) is 11.7 Å². The highest BCUT2D eigenvalue weighted by Crippen LogP contribution is 2.29. The summed E-state index contributed by atoms with van der Waals surface area (Å²) in [6.07, 6.45) is 0.948. The Bertz CT molecular complexity index is 719. The lowest BCUT2D eigenvalue weighted by Crippen LogP contribution is -2.52. The zero-order chi connectivity index (χ0) is 17.9. The van der Waals surface area contributed by atoms with Crippen LogP contribution in [-0.4, -0.2) is 49.9 Å². The molecule has 1 aliphatic rings. The molecule has 2 N–H and O–H groups in total.